The Morgan fingerprint density at radius 1 is 1.36 bits per heavy atom. The Hall–Kier alpha value is -1.25. The molecular formula is C11H19NO2. The van der Waals surface area contributed by atoms with Crippen molar-refractivity contribution in [3.05, 3.63) is 23.9 Å². The standard InChI is InChI=1S/C11H19NO2/c1-8(2)7-9(3)12-10(13)14-11(4,5)6/h7H,3H2,1-2,4-6H3,(H,12,13). The molecule has 0 saturated carbocycles. The van der Waals surface area contributed by atoms with Crippen LogP contribution in [0.5, 0.6) is 0 Å². The molecule has 0 rings (SSSR count). The number of hydrogen-bond donors (Lipinski definition) is 1. The first kappa shape index (κ1) is 12.8. The molecule has 0 aromatic carbocycles. The fourth-order valence-electron chi connectivity index (χ4n) is 0.819. The second-order valence-corrected chi connectivity index (χ2v) is 4.37. The quantitative estimate of drug-likeness (QED) is 0.691. The van der Waals surface area contributed by atoms with E-state index in [-0.39, 0.29) is 0 Å². The van der Waals surface area contributed by atoms with E-state index in [4.69, 9.17) is 4.74 Å². The third-order valence-corrected chi connectivity index (χ3v) is 1.12. The molecule has 80 valence electrons. The number of carbonyl (C=O) groups excluding carboxylic acids is 1. The van der Waals surface area contributed by atoms with Gasteiger partial charge in [0.05, 0.1) is 0 Å². The third kappa shape index (κ3) is 7.40. The zero-order valence-electron chi connectivity index (χ0n) is 9.60. The summed E-state index contributed by atoms with van der Waals surface area (Å²) in [5, 5.41) is 2.54. The molecule has 0 unspecified atom stereocenters. The molecule has 0 aromatic heterocycles. The minimum absolute atomic E-state index is 0.472. The van der Waals surface area contributed by atoms with Gasteiger partial charge in [0.25, 0.3) is 0 Å². The van der Waals surface area contributed by atoms with E-state index >= 15 is 0 Å². The van der Waals surface area contributed by atoms with Crippen molar-refractivity contribution in [2.75, 3.05) is 0 Å². The Morgan fingerprint density at radius 3 is 2.21 bits per heavy atom. The van der Waals surface area contributed by atoms with E-state index in [9.17, 15) is 4.79 Å². The van der Waals surface area contributed by atoms with E-state index in [0.29, 0.717) is 5.70 Å². The van der Waals surface area contributed by atoms with Gasteiger partial charge < -0.3 is 4.74 Å². The van der Waals surface area contributed by atoms with Gasteiger partial charge in [-0.2, -0.15) is 0 Å². The van der Waals surface area contributed by atoms with E-state index in [0.717, 1.165) is 5.57 Å². The fraction of sp³-hybridized carbons (Fsp3) is 0.545. The van der Waals surface area contributed by atoms with Gasteiger partial charge in [0.1, 0.15) is 5.60 Å². The number of rotatable bonds is 2. The Labute approximate surface area is 85.8 Å². The SMILES string of the molecule is C=C(C=C(C)C)NC(=O)OC(C)(C)C. The number of hydrogen-bond acceptors (Lipinski definition) is 2. The number of amides is 1. The second-order valence-electron chi connectivity index (χ2n) is 4.37. The van der Waals surface area contributed by atoms with Crippen molar-refractivity contribution < 1.29 is 9.53 Å². The predicted octanol–water partition coefficient (Wildman–Crippen LogP) is 2.99. The lowest BCUT2D eigenvalue weighted by Gasteiger charge is -2.19. The minimum atomic E-state index is -0.477. The summed E-state index contributed by atoms with van der Waals surface area (Å²) in [6.07, 6.45) is 1.31. The molecule has 0 fully saturated rings. The molecule has 0 aromatic rings. The lowest BCUT2D eigenvalue weighted by atomic mass is 10.2. The monoisotopic (exact) mass is 197 g/mol. The van der Waals surface area contributed by atoms with Crippen LogP contribution < -0.4 is 5.32 Å². The highest BCUT2D eigenvalue weighted by molar-refractivity contribution is 5.70. The van der Waals surface area contributed by atoms with Crippen LogP contribution >= 0.6 is 0 Å². The summed E-state index contributed by atoms with van der Waals surface area (Å²) >= 11 is 0. The summed E-state index contributed by atoms with van der Waals surface area (Å²) in [5.74, 6) is 0. The molecule has 0 atom stereocenters. The van der Waals surface area contributed by atoms with Gasteiger partial charge in [-0.15, -0.1) is 0 Å². The number of nitrogens with one attached hydrogen (secondary N) is 1. The predicted molar refractivity (Wildman–Crippen MR) is 57.9 cm³/mol. The maximum Gasteiger partial charge on any atom is 0.412 e. The molecule has 1 N–H and O–H groups in total. The molecule has 0 radical (unpaired) electrons. The van der Waals surface area contributed by atoms with E-state index < -0.39 is 11.7 Å². The molecule has 1 amide bonds. The summed E-state index contributed by atoms with van der Waals surface area (Å²) in [6.45, 7) is 13.0. The van der Waals surface area contributed by atoms with Crippen LogP contribution in [0, 0.1) is 0 Å². The molecule has 3 heteroatoms. The maximum atomic E-state index is 11.2. The number of carbonyl (C=O) groups is 1. The molecule has 14 heavy (non-hydrogen) atoms. The third-order valence-electron chi connectivity index (χ3n) is 1.12. The van der Waals surface area contributed by atoms with E-state index in [2.05, 4.69) is 11.9 Å². The Bertz CT molecular complexity index is 255. The van der Waals surface area contributed by atoms with Crippen LogP contribution in [-0.2, 0) is 4.74 Å². The van der Waals surface area contributed by atoms with E-state index in [1.807, 2.05) is 34.6 Å². The Kier molecular flexibility index (Phi) is 4.41. The van der Waals surface area contributed by atoms with Crippen LogP contribution in [0.2, 0.25) is 0 Å². The van der Waals surface area contributed by atoms with Crippen molar-refractivity contribution in [2.45, 2.75) is 40.2 Å². The van der Waals surface area contributed by atoms with E-state index in [1.54, 1.807) is 6.08 Å². The van der Waals surface area contributed by atoms with Crippen LogP contribution in [0.4, 0.5) is 4.79 Å². The summed E-state index contributed by atoms with van der Waals surface area (Å²) in [6, 6.07) is 0. The van der Waals surface area contributed by atoms with Crippen LogP contribution in [0.25, 0.3) is 0 Å². The molecule has 0 bridgehead atoms. The number of alkyl carbamates (subject to hydrolysis) is 1. The molecule has 0 aliphatic rings. The van der Waals surface area contributed by atoms with Crippen molar-refractivity contribution in [2.24, 2.45) is 0 Å². The number of ether oxygens (including phenoxy) is 1. The van der Waals surface area contributed by atoms with E-state index in [1.165, 1.54) is 0 Å². The molecule has 0 aliphatic carbocycles. The highest BCUT2D eigenvalue weighted by atomic mass is 16.6. The highest BCUT2D eigenvalue weighted by Crippen LogP contribution is 2.07. The average molecular weight is 197 g/mol. The van der Waals surface area contributed by atoms with Crippen LogP contribution in [0.3, 0.4) is 0 Å². The molecule has 0 saturated heterocycles. The van der Waals surface area contributed by atoms with Crippen molar-refractivity contribution >= 4 is 6.09 Å². The lowest BCUT2D eigenvalue weighted by molar-refractivity contribution is 0.0548. The highest BCUT2D eigenvalue weighted by Gasteiger charge is 2.15. The van der Waals surface area contributed by atoms with Crippen molar-refractivity contribution in [1.82, 2.24) is 5.32 Å². The van der Waals surface area contributed by atoms with Gasteiger partial charge in [0, 0.05) is 5.70 Å². The van der Waals surface area contributed by atoms with Gasteiger partial charge in [0.2, 0.25) is 0 Å². The zero-order valence-corrected chi connectivity index (χ0v) is 9.60. The Morgan fingerprint density at radius 2 is 1.86 bits per heavy atom. The van der Waals surface area contributed by atoms with Crippen molar-refractivity contribution in [1.29, 1.82) is 0 Å². The first-order chi connectivity index (χ1) is 6.20. The molecule has 0 heterocycles. The van der Waals surface area contributed by atoms with Gasteiger partial charge >= 0.3 is 6.09 Å². The van der Waals surface area contributed by atoms with Crippen LogP contribution in [0.1, 0.15) is 34.6 Å². The molecule has 0 spiro atoms. The first-order valence-electron chi connectivity index (χ1n) is 4.54. The number of allylic oxidation sites excluding steroid dienone is 2. The molecular weight excluding hydrogens is 178 g/mol. The average Bonchev–Trinajstić information content (AvgIpc) is 1.77. The summed E-state index contributed by atoms with van der Waals surface area (Å²) < 4.78 is 5.05. The lowest BCUT2D eigenvalue weighted by Crippen LogP contribution is -2.31. The maximum absolute atomic E-state index is 11.2. The van der Waals surface area contributed by atoms with Gasteiger partial charge in [-0.1, -0.05) is 12.2 Å². The summed E-state index contributed by atoms with van der Waals surface area (Å²) in [4.78, 5) is 11.2. The topological polar surface area (TPSA) is 38.3 Å². The van der Waals surface area contributed by atoms with Crippen LogP contribution in [-0.4, -0.2) is 11.7 Å². The second kappa shape index (κ2) is 4.84. The van der Waals surface area contributed by atoms with Gasteiger partial charge in [-0.25, -0.2) is 4.79 Å². The normalized spacial score (nSPS) is 10.4. The molecule has 0 aliphatic heterocycles. The van der Waals surface area contributed by atoms with Crippen molar-refractivity contribution in [3.63, 3.8) is 0 Å². The first-order valence-corrected chi connectivity index (χ1v) is 4.54. The molecule has 3 nitrogen and oxygen atoms in total. The fourth-order valence-corrected chi connectivity index (χ4v) is 0.819. The minimum Gasteiger partial charge on any atom is -0.444 e. The largest absolute Gasteiger partial charge is 0.444 e. The Balaban J connectivity index is 4.09. The smallest absolute Gasteiger partial charge is 0.412 e. The van der Waals surface area contributed by atoms with Crippen molar-refractivity contribution in [3.8, 4) is 0 Å². The van der Waals surface area contributed by atoms with Gasteiger partial charge in [-0.05, 0) is 40.7 Å². The summed E-state index contributed by atoms with van der Waals surface area (Å²) in [7, 11) is 0. The van der Waals surface area contributed by atoms with Gasteiger partial charge in [0.15, 0.2) is 0 Å². The summed E-state index contributed by atoms with van der Waals surface area (Å²) in [5.41, 5.74) is 1.14. The van der Waals surface area contributed by atoms with Crippen LogP contribution in [0.15, 0.2) is 23.9 Å². The zero-order chi connectivity index (χ0) is 11.4. The van der Waals surface area contributed by atoms with Gasteiger partial charge in [-0.3, -0.25) is 5.32 Å².